The van der Waals surface area contributed by atoms with Gasteiger partial charge in [-0.1, -0.05) is 43.8 Å². The van der Waals surface area contributed by atoms with Crippen LogP contribution in [0.25, 0.3) is 11.4 Å². The fraction of sp³-hybridized carbons (Fsp3) is 0.353. The highest BCUT2D eigenvalue weighted by molar-refractivity contribution is 7.99. The molecule has 0 bridgehead atoms. The van der Waals surface area contributed by atoms with Gasteiger partial charge in [0.25, 0.3) is 0 Å². The van der Waals surface area contributed by atoms with Gasteiger partial charge in [0.05, 0.1) is 10.6 Å². The Balaban J connectivity index is 2.24. The first-order valence-corrected chi connectivity index (χ1v) is 11.1. The molecule has 11 heteroatoms. The molecule has 1 amide bonds. The summed E-state index contributed by atoms with van der Waals surface area (Å²) >= 11 is 1.13. The Morgan fingerprint density at radius 2 is 2.07 bits per heavy atom. The Morgan fingerprint density at radius 3 is 2.71 bits per heavy atom. The molecule has 2 aromatic rings. The molecule has 0 spiro atoms. The molecule has 1 heterocycles. The first kappa shape index (κ1) is 21.9. The van der Waals surface area contributed by atoms with Crippen molar-refractivity contribution in [1.82, 2.24) is 24.5 Å². The Morgan fingerprint density at radius 1 is 1.36 bits per heavy atom. The van der Waals surface area contributed by atoms with Gasteiger partial charge in [-0.05, 0) is 12.1 Å². The third-order valence-electron chi connectivity index (χ3n) is 3.88. The second-order valence-electron chi connectivity index (χ2n) is 5.67. The van der Waals surface area contributed by atoms with Crippen molar-refractivity contribution < 1.29 is 13.2 Å². The van der Waals surface area contributed by atoms with E-state index in [0.29, 0.717) is 36.2 Å². The summed E-state index contributed by atoms with van der Waals surface area (Å²) in [6.45, 7) is 8.25. The van der Waals surface area contributed by atoms with E-state index in [4.69, 9.17) is 5.84 Å². The largest absolute Gasteiger partial charge is 0.352 e. The van der Waals surface area contributed by atoms with Crippen LogP contribution in [0.4, 0.5) is 0 Å². The minimum atomic E-state index is -3.60. The maximum Gasteiger partial charge on any atom is 0.243 e. The number of amides is 1. The number of benzene rings is 1. The SMILES string of the molecule is C=CCNC(=O)CSc1nnc(-c2cccc(S(=O)(=O)N(CC)CC)c2)n1N. The molecule has 1 aromatic carbocycles. The van der Waals surface area contributed by atoms with E-state index in [9.17, 15) is 13.2 Å². The highest BCUT2D eigenvalue weighted by Crippen LogP contribution is 2.25. The first-order chi connectivity index (χ1) is 13.3. The molecule has 9 nitrogen and oxygen atoms in total. The zero-order valence-corrected chi connectivity index (χ0v) is 17.5. The van der Waals surface area contributed by atoms with Crippen molar-refractivity contribution in [2.75, 3.05) is 31.2 Å². The average molecular weight is 425 g/mol. The van der Waals surface area contributed by atoms with Gasteiger partial charge < -0.3 is 11.2 Å². The lowest BCUT2D eigenvalue weighted by Gasteiger charge is -2.18. The predicted octanol–water partition coefficient (Wildman–Crippen LogP) is 1.08. The molecule has 0 atom stereocenters. The van der Waals surface area contributed by atoms with Gasteiger partial charge in [0.1, 0.15) is 0 Å². The van der Waals surface area contributed by atoms with Crippen molar-refractivity contribution in [3.63, 3.8) is 0 Å². The van der Waals surface area contributed by atoms with Gasteiger partial charge in [0, 0.05) is 25.2 Å². The summed E-state index contributed by atoms with van der Waals surface area (Å²) in [5.74, 6) is 6.31. The third kappa shape index (κ3) is 4.91. The summed E-state index contributed by atoms with van der Waals surface area (Å²) in [5.41, 5.74) is 0.520. The maximum atomic E-state index is 12.7. The van der Waals surface area contributed by atoms with Crippen molar-refractivity contribution in [2.24, 2.45) is 0 Å². The van der Waals surface area contributed by atoms with E-state index in [1.165, 1.54) is 21.1 Å². The number of hydrogen-bond donors (Lipinski definition) is 2. The molecule has 0 saturated heterocycles. The van der Waals surface area contributed by atoms with Gasteiger partial charge in [-0.2, -0.15) is 4.31 Å². The molecule has 0 aliphatic rings. The van der Waals surface area contributed by atoms with Gasteiger partial charge in [-0.15, -0.1) is 16.8 Å². The Kier molecular flexibility index (Phi) is 7.61. The van der Waals surface area contributed by atoms with Crippen molar-refractivity contribution in [3.8, 4) is 11.4 Å². The van der Waals surface area contributed by atoms with E-state index in [1.54, 1.807) is 32.1 Å². The number of nitrogens with zero attached hydrogens (tertiary/aromatic N) is 4. The summed E-state index contributed by atoms with van der Waals surface area (Å²) in [5, 5.41) is 11.0. The number of nitrogens with two attached hydrogens (primary N) is 1. The van der Waals surface area contributed by atoms with Gasteiger partial charge in [0.2, 0.25) is 21.1 Å². The van der Waals surface area contributed by atoms with Crippen LogP contribution in [-0.4, -0.2) is 58.9 Å². The topological polar surface area (TPSA) is 123 Å². The molecule has 152 valence electrons. The minimum absolute atomic E-state index is 0.125. The number of nitrogen functional groups attached to an aromatic ring is 1. The van der Waals surface area contributed by atoms with Crippen LogP contribution in [0.1, 0.15) is 13.8 Å². The number of thioether (sulfide) groups is 1. The summed E-state index contributed by atoms with van der Waals surface area (Å²) in [7, 11) is -3.60. The fourth-order valence-electron chi connectivity index (χ4n) is 2.45. The molecular weight excluding hydrogens is 400 g/mol. The number of rotatable bonds is 10. The van der Waals surface area contributed by atoms with E-state index in [0.717, 1.165) is 11.8 Å². The lowest BCUT2D eigenvalue weighted by molar-refractivity contribution is -0.118. The van der Waals surface area contributed by atoms with Crippen molar-refractivity contribution >= 4 is 27.7 Å². The monoisotopic (exact) mass is 424 g/mol. The van der Waals surface area contributed by atoms with Crippen LogP contribution in [0, 0.1) is 0 Å². The second kappa shape index (κ2) is 9.71. The number of carbonyl (C=O) groups is 1. The molecule has 3 N–H and O–H groups in total. The van der Waals surface area contributed by atoms with E-state index < -0.39 is 10.0 Å². The second-order valence-corrected chi connectivity index (χ2v) is 8.56. The molecule has 0 saturated carbocycles. The average Bonchev–Trinajstić information content (AvgIpc) is 3.06. The van der Waals surface area contributed by atoms with Crippen molar-refractivity contribution in [2.45, 2.75) is 23.9 Å². The van der Waals surface area contributed by atoms with Crippen LogP contribution in [0.2, 0.25) is 0 Å². The Hall–Kier alpha value is -2.37. The van der Waals surface area contributed by atoms with Crippen LogP contribution < -0.4 is 11.2 Å². The maximum absolute atomic E-state index is 12.7. The number of aromatic nitrogens is 3. The molecule has 1 aromatic heterocycles. The highest BCUT2D eigenvalue weighted by atomic mass is 32.2. The van der Waals surface area contributed by atoms with Crippen LogP contribution in [-0.2, 0) is 14.8 Å². The lowest BCUT2D eigenvalue weighted by atomic mass is 10.2. The molecule has 2 rings (SSSR count). The number of hydrogen-bond acceptors (Lipinski definition) is 7. The molecule has 0 fully saturated rings. The van der Waals surface area contributed by atoms with Gasteiger partial charge >= 0.3 is 0 Å². The van der Waals surface area contributed by atoms with E-state index in [-0.39, 0.29) is 16.6 Å². The van der Waals surface area contributed by atoms with Crippen LogP contribution >= 0.6 is 11.8 Å². The van der Waals surface area contributed by atoms with Crippen LogP contribution in [0.15, 0.2) is 47.0 Å². The Bertz CT molecular complexity index is 938. The summed E-state index contributed by atoms with van der Waals surface area (Å²) in [6.07, 6.45) is 1.59. The molecule has 0 unspecified atom stereocenters. The summed E-state index contributed by atoms with van der Waals surface area (Å²) < 4.78 is 28.1. The highest BCUT2D eigenvalue weighted by Gasteiger charge is 2.23. The van der Waals surface area contributed by atoms with E-state index >= 15 is 0 Å². The number of sulfonamides is 1. The zero-order chi connectivity index (χ0) is 20.7. The van der Waals surface area contributed by atoms with Crippen LogP contribution in [0.5, 0.6) is 0 Å². The molecule has 0 radical (unpaired) electrons. The van der Waals surface area contributed by atoms with Crippen molar-refractivity contribution in [1.29, 1.82) is 0 Å². The smallest absolute Gasteiger partial charge is 0.243 e. The zero-order valence-electron chi connectivity index (χ0n) is 15.8. The molecular formula is C17H24N6O3S2. The molecule has 0 aliphatic carbocycles. The number of nitrogens with one attached hydrogen (secondary N) is 1. The first-order valence-electron chi connectivity index (χ1n) is 8.66. The standard InChI is InChI=1S/C17H24N6O3S2/c1-4-10-19-15(24)12-27-17-21-20-16(23(17)18)13-8-7-9-14(11-13)28(25,26)22(5-2)6-3/h4,7-9,11H,1,5-6,10,12,18H2,2-3H3,(H,19,24). The summed E-state index contributed by atoms with van der Waals surface area (Å²) in [6, 6.07) is 6.40. The number of carbonyl (C=O) groups excluding carboxylic acids is 1. The Labute approximate surface area is 169 Å². The molecule has 0 aliphatic heterocycles. The third-order valence-corrected chi connectivity index (χ3v) is 6.86. The fourth-order valence-corrected chi connectivity index (χ4v) is 4.64. The quantitative estimate of drug-likeness (QED) is 0.332. The van der Waals surface area contributed by atoms with Gasteiger partial charge in [-0.3, -0.25) is 4.79 Å². The minimum Gasteiger partial charge on any atom is -0.352 e. The van der Waals surface area contributed by atoms with Crippen LogP contribution in [0.3, 0.4) is 0 Å². The van der Waals surface area contributed by atoms with E-state index in [1.807, 2.05) is 0 Å². The van der Waals surface area contributed by atoms with Gasteiger partial charge in [0.15, 0.2) is 5.82 Å². The molecule has 28 heavy (non-hydrogen) atoms. The summed E-state index contributed by atoms with van der Waals surface area (Å²) in [4.78, 5) is 11.9. The predicted molar refractivity (Wildman–Crippen MR) is 110 cm³/mol. The normalized spacial score (nSPS) is 11.5. The van der Waals surface area contributed by atoms with E-state index in [2.05, 4.69) is 22.1 Å². The lowest BCUT2D eigenvalue weighted by Crippen LogP contribution is -2.30. The van der Waals surface area contributed by atoms with Crippen molar-refractivity contribution in [3.05, 3.63) is 36.9 Å². The van der Waals surface area contributed by atoms with Gasteiger partial charge in [-0.25, -0.2) is 13.1 Å².